The Morgan fingerprint density at radius 2 is 2.33 bits per heavy atom. The number of anilines is 2. The van der Waals surface area contributed by atoms with E-state index in [1.54, 1.807) is 0 Å². The Morgan fingerprint density at radius 3 is 3.10 bits per heavy atom. The Hall–Kier alpha value is -2.25. The molecule has 0 amide bonds. The number of hydrogen-bond donors (Lipinski definition) is 2. The van der Waals surface area contributed by atoms with Gasteiger partial charge in [0, 0.05) is 36.4 Å². The zero-order valence-electron chi connectivity index (χ0n) is 12.3. The molecule has 0 radical (unpaired) electrons. The Bertz CT molecular complexity index is 699. The van der Waals surface area contributed by atoms with Gasteiger partial charge in [-0.3, -0.25) is 0 Å². The Kier molecular flexibility index (Phi) is 3.94. The fourth-order valence-corrected chi connectivity index (χ4v) is 2.74. The molecule has 4 nitrogen and oxygen atoms in total. The first-order valence-corrected chi connectivity index (χ1v) is 7.30. The van der Waals surface area contributed by atoms with E-state index in [2.05, 4.69) is 45.2 Å². The highest BCUT2D eigenvalue weighted by Gasteiger charge is 2.21. The van der Waals surface area contributed by atoms with Crippen molar-refractivity contribution in [3.63, 3.8) is 0 Å². The lowest BCUT2D eigenvalue weighted by atomic mass is 10.1. The maximum Gasteiger partial charge on any atom is 0.136 e. The van der Waals surface area contributed by atoms with E-state index in [4.69, 9.17) is 5.73 Å². The van der Waals surface area contributed by atoms with Crippen LogP contribution in [0.25, 0.3) is 10.8 Å². The zero-order chi connectivity index (χ0) is 14.7. The summed E-state index contributed by atoms with van der Waals surface area (Å²) in [5, 5.41) is 5.68. The van der Waals surface area contributed by atoms with Crippen molar-refractivity contribution in [3.05, 3.63) is 30.5 Å². The third-order valence-electron chi connectivity index (χ3n) is 3.83. The van der Waals surface area contributed by atoms with E-state index >= 15 is 0 Å². The van der Waals surface area contributed by atoms with Crippen LogP contribution in [0.15, 0.2) is 30.5 Å². The second-order valence-corrected chi connectivity index (χ2v) is 5.35. The van der Waals surface area contributed by atoms with Gasteiger partial charge in [0.1, 0.15) is 5.82 Å². The molecule has 1 saturated heterocycles. The Balaban J connectivity index is 1.90. The van der Waals surface area contributed by atoms with Gasteiger partial charge in [-0.25, -0.2) is 4.98 Å². The summed E-state index contributed by atoms with van der Waals surface area (Å²) >= 11 is 0. The lowest BCUT2D eigenvalue weighted by molar-refractivity contribution is 0.751. The summed E-state index contributed by atoms with van der Waals surface area (Å²) in [6.45, 7) is 4.39. The standard InChI is InChI=1S/C17H20N4/c1-2-3-8-19-15-4-5-16-13(11-15)6-9-20-17(16)21-10-7-14(18)12-21/h4-6,9,11,14,19H,7-8,10,12,18H2,1H3/t14-/m1/s1. The van der Waals surface area contributed by atoms with Crippen molar-refractivity contribution in [2.45, 2.75) is 19.4 Å². The quantitative estimate of drug-likeness (QED) is 0.846. The molecule has 0 spiro atoms. The van der Waals surface area contributed by atoms with Gasteiger partial charge >= 0.3 is 0 Å². The molecule has 0 aliphatic carbocycles. The number of nitrogens with one attached hydrogen (secondary N) is 1. The van der Waals surface area contributed by atoms with Crippen LogP contribution in [0.1, 0.15) is 13.3 Å². The topological polar surface area (TPSA) is 54.2 Å². The van der Waals surface area contributed by atoms with Crippen LogP contribution in [0.4, 0.5) is 11.5 Å². The Morgan fingerprint density at radius 1 is 1.43 bits per heavy atom. The maximum atomic E-state index is 6.01. The molecule has 21 heavy (non-hydrogen) atoms. The van der Waals surface area contributed by atoms with Gasteiger partial charge in [0.05, 0.1) is 6.54 Å². The summed E-state index contributed by atoms with van der Waals surface area (Å²) in [5.41, 5.74) is 7.09. The first-order chi connectivity index (χ1) is 10.3. The molecule has 4 heteroatoms. The first kappa shape index (κ1) is 13.7. The van der Waals surface area contributed by atoms with Gasteiger partial charge in [-0.05, 0) is 43.0 Å². The smallest absolute Gasteiger partial charge is 0.136 e. The third kappa shape index (κ3) is 2.93. The monoisotopic (exact) mass is 280 g/mol. The number of rotatable bonds is 3. The molecule has 2 aromatic rings. The normalized spacial score (nSPS) is 17.6. The first-order valence-electron chi connectivity index (χ1n) is 7.30. The number of fused-ring (bicyclic) bond motifs is 1. The molecule has 1 aliphatic heterocycles. The molecular formula is C17H20N4. The largest absolute Gasteiger partial charge is 0.374 e. The van der Waals surface area contributed by atoms with Crippen molar-refractivity contribution in [1.82, 2.24) is 4.98 Å². The van der Waals surface area contributed by atoms with Gasteiger partial charge in [-0.15, -0.1) is 5.92 Å². The van der Waals surface area contributed by atoms with Crippen LogP contribution < -0.4 is 16.0 Å². The van der Waals surface area contributed by atoms with E-state index in [1.165, 1.54) is 10.8 Å². The van der Waals surface area contributed by atoms with Crippen molar-refractivity contribution >= 4 is 22.3 Å². The molecule has 0 saturated carbocycles. The number of nitrogens with two attached hydrogens (primary N) is 1. The van der Waals surface area contributed by atoms with Crippen molar-refractivity contribution < 1.29 is 0 Å². The van der Waals surface area contributed by atoms with Crippen molar-refractivity contribution in [1.29, 1.82) is 0 Å². The number of benzene rings is 1. The van der Waals surface area contributed by atoms with Crippen LogP contribution in [0.5, 0.6) is 0 Å². The molecule has 1 aliphatic rings. The minimum atomic E-state index is 0.260. The average molecular weight is 280 g/mol. The second kappa shape index (κ2) is 6.02. The number of aromatic nitrogens is 1. The van der Waals surface area contributed by atoms with Crippen LogP contribution in [-0.4, -0.2) is 30.7 Å². The van der Waals surface area contributed by atoms with Gasteiger partial charge in [0.15, 0.2) is 0 Å². The van der Waals surface area contributed by atoms with Crippen molar-refractivity contribution in [3.8, 4) is 11.8 Å². The molecule has 3 N–H and O–H groups in total. The van der Waals surface area contributed by atoms with E-state index in [9.17, 15) is 0 Å². The van der Waals surface area contributed by atoms with Crippen LogP contribution in [0.2, 0.25) is 0 Å². The molecular weight excluding hydrogens is 260 g/mol. The fourth-order valence-electron chi connectivity index (χ4n) is 2.74. The lowest BCUT2D eigenvalue weighted by Crippen LogP contribution is -2.26. The molecule has 0 unspecified atom stereocenters. The molecule has 1 fully saturated rings. The van der Waals surface area contributed by atoms with Crippen LogP contribution in [-0.2, 0) is 0 Å². The minimum Gasteiger partial charge on any atom is -0.374 e. The van der Waals surface area contributed by atoms with Gasteiger partial charge < -0.3 is 16.0 Å². The Labute approximate surface area is 125 Å². The molecule has 1 aromatic heterocycles. The SMILES string of the molecule is CC#CCNc1ccc2c(N3CC[C@@H](N)C3)nccc2c1. The summed E-state index contributed by atoms with van der Waals surface area (Å²) in [7, 11) is 0. The zero-order valence-corrected chi connectivity index (χ0v) is 12.3. The predicted molar refractivity (Wildman–Crippen MR) is 88.5 cm³/mol. The minimum absolute atomic E-state index is 0.260. The molecule has 1 aromatic carbocycles. The van der Waals surface area contributed by atoms with E-state index in [0.29, 0.717) is 6.54 Å². The molecule has 1 atom stereocenters. The van der Waals surface area contributed by atoms with Crippen LogP contribution >= 0.6 is 0 Å². The van der Waals surface area contributed by atoms with Crippen LogP contribution in [0, 0.1) is 11.8 Å². The van der Waals surface area contributed by atoms with Gasteiger partial charge in [0.25, 0.3) is 0 Å². The summed E-state index contributed by atoms with van der Waals surface area (Å²) in [6, 6.07) is 8.67. The summed E-state index contributed by atoms with van der Waals surface area (Å²) in [6.07, 6.45) is 2.91. The van der Waals surface area contributed by atoms with Crippen molar-refractivity contribution in [2.24, 2.45) is 5.73 Å². The van der Waals surface area contributed by atoms with Gasteiger partial charge in [0.2, 0.25) is 0 Å². The summed E-state index contributed by atoms with van der Waals surface area (Å²) in [5.74, 6) is 6.94. The highest BCUT2D eigenvalue weighted by molar-refractivity contribution is 5.94. The number of nitrogens with zero attached hydrogens (tertiary/aromatic N) is 2. The molecule has 3 rings (SSSR count). The van der Waals surface area contributed by atoms with E-state index in [1.807, 2.05) is 19.2 Å². The predicted octanol–water partition coefficient (Wildman–Crippen LogP) is 2.21. The molecule has 108 valence electrons. The van der Waals surface area contributed by atoms with E-state index in [-0.39, 0.29) is 6.04 Å². The van der Waals surface area contributed by atoms with Crippen molar-refractivity contribution in [2.75, 3.05) is 29.9 Å². The third-order valence-corrected chi connectivity index (χ3v) is 3.83. The lowest BCUT2D eigenvalue weighted by Gasteiger charge is -2.19. The van der Waals surface area contributed by atoms with Crippen LogP contribution in [0.3, 0.4) is 0 Å². The highest BCUT2D eigenvalue weighted by Crippen LogP contribution is 2.28. The maximum absolute atomic E-state index is 6.01. The molecule has 2 heterocycles. The second-order valence-electron chi connectivity index (χ2n) is 5.35. The van der Waals surface area contributed by atoms with Gasteiger partial charge in [-0.1, -0.05) is 5.92 Å². The average Bonchev–Trinajstić information content (AvgIpc) is 2.93. The summed E-state index contributed by atoms with van der Waals surface area (Å²) in [4.78, 5) is 6.84. The van der Waals surface area contributed by atoms with Gasteiger partial charge in [-0.2, -0.15) is 0 Å². The molecule has 0 bridgehead atoms. The number of pyridine rings is 1. The summed E-state index contributed by atoms with van der Waals surface area (Å²) < 4.78 is 0. The fraction of sp³-hybridized carbons (Fsp3) is 0.353. The van der Waals surface area contributed by atoms with E-state index in [0.717, 1.165) is 31.0 Å². The van der Waals surface area contributed by atoms with E-state index < -0.39 is 0 Å². The number of hydrogen-bond acceptors (Lipinski definition) is 4. The highest BCUT2D eigenvalue weighted by atomic mass is 15.2.